The van der Waals surface area contributed by atoms with E-state index >= 15 is 0 Å². The summed E-state index contributed by atoms with van der Waals surface area (Å²) in [6, 6.07) is 9.84. The molecule has 1 aliphatic carbocycles. The molecule has 0 aromatic heterocycles. The van der Waals surface area contributed by atoms with Crippen LogP contribution in [-0.4, -0.2) is 26.3 Å². The average Bonchev–Trinajstić information content (AvgIpc) is 3.27. The Bertz CT molecular complexity index is 370. The zero-order valence-electron chi connectivity index (χ0n) is 13.0. The van der Waals surface area contributed by atoms with Gasteiger partial charge in [0.15, 0.2) is 0 Å². The van der Waals surface area contributed by atoms with Crippen molar-refractivity contribution in [3.63, 3.8) is 0 Å². The van der Waals surface area contributed by atoms with Gasteiger partial charge in [-0.2, -0.15) is 0 Å². The van der Waals surface area contributed by atoms with Crippen molar-refractivity contribution in [3.05, 3.63) is 35.4 Å². The lowest BCUT2D eigenvalue weighted by atomic mass is 9.93. The molecule has 0 heterocycles. The molecule has 2 rings (SSSR count). The maximum Gasteiger partial charge on any atom is 0.0462 e. The Morgan fingerprint density at radius 3 is 2.60 bits per heavy atom. The molecule has 1 aliphatic rings. The van der Waals surface area contributed by atoms with E-state index in [1.165, 1.54) is 56.2 Å². The first-order chi connectivity index (χ1) is 9.78. The fourth-order valence-corrected chi connectivity index (χ4v) is 2.63. The monoisotopic (exact) mass is 275 g/mol. The van der Waals surface area contributed by atoms with Crippen LogP contribution in [0.2, 0.25) is 0 Å². The Morgan fingerprint density at radius 2 is 1.95 bits per heavy atom. The Balaban J connectivity index is 1.78. The summed E-state index contributed by atoms with van der Waals surface area (Å²) in [5.41, 5.74) is 2.83. The highest BCUT2D eigenvalue weighted by Gasteiger charge is 2.21. The summed E-state index contributed by atoms with van der Waals surface area (Å²) < 4.78 is 5.15. The van der Waals surface area contributed by atoms with Gasteiger partial charge in [-0.25, -0.2) is 0 Å². The summed E-state index contributed by atoms with van der Waals surface area (Å²) in [4.78, 5) is 0. The molecule has 1 N–H and O–H groups in total. The third-order valence-electron chi connectivity index (χ3n) is 4.13. The molecule has 1 atom stereocenters. The van der Waals surface area contributed by atoms with Gasteiger partial charge in [-0.05, 0) is 57.1 Å². The molecule has 2 heteroatoms. The minimum absolute atomic E-state index is 0.759. The highest BCUT2D eigenvalue weighted by atomic mass is 16.5. The third kappa shape index (κ3) is 6.06. The Kier molecular flexibility index (Phi) is 6.55. The summed E-state index contributed by atoms with van der Waals surface area (Å²) in [6.45, 7) is 4.22. The lowest BCUT2D eigenvalue weighted by molar-refractivity contribution is 0.190. The second-order valence-corrected chi connectivity index (χ2v) is 6.23. The van der Waals surface area contributed by atoms with Crippen molar-refractivity contribution >= 4 is 0 Å². The second-order valence-electron chi connectivity index (χ2n) is 6.23. The van der Waals surface area contributed by atoms with Gasteiger partial charge in [-0.15, -0.1) is 0 Å². The molecule has 112 valence electrons. The molecule has 1 aromatic rings. The number of hydrogen-bond donors (Lipinski definition) is 1. The van der Waals surface area contributed by atoms with Gasteiger partial charge in [0.2, 0.25) is 0 Å². The molecule has 1 unspecified atom stereocenters. The lowest BCUT2D eigenvalue weighted by Crippen LogP contribution is -2.26. The van der Waals surface area contributed by atoms with Crippen LogP contribution >= 0.6 is 0 Å². The normalized spacial score (nSPS) is 16.3. The minimum atomic E-state index is 0.759. The van der Waals surface area contributed by atoms with Crippen molar-refractivity contribution in [2.45, 2.75) is 51.5 Å². The second kappa shape index (κ2) is 8.43. The van der Waals surface area contributed by atoms with E-state index in [1.807, 2.05) is 0 Å². The summed E-state index contributed by atoms with van der Waals surface area (Å²) in [7, 11) is 1.79. The SMILES string of the molecule is COCCCCC(CNC1CC1)Cc1ccc(C)cc1. The third-order valence-corrected chi connectivity index (χ3v) is 4.13. The molecule has 0 bridgehead atoms. The average molecular weight is 275 g/mol. The van der Waals surface area contributed by atoms with E-state index < -0.39 is 0 Å². The molecule has 0 saturated heterocycles. The van der Waals surface area contributed by atoms with Crippen molar-refractivity contribution in [2.75, 3.05) is 20.3 Å². The molecule has 2 nitrogen and oxygen atoms in total. The quantitative estimate of drug-likeness (QED) is 0.657. The fourth-order valence-electron chi connectivity index (χ4n) is 2.63. The standard InChI is InChI=1S/C18H29NO/c1-15-6-8-16(9-7-15)13-17(5-3-4-12-20-2)14-19-18-10-11-18/h6-9,17-19H,3-5,10-14H2,1-2H3. The molecule has 1 aromatic carbocycles. The molecule has 0 radical (unpaired) electrons. The van der Waals surface area contributed by atoms with Crippen LogP contribution in [0.1, 0.15) is 43.2 Å². The number of benzene rings is 1. The molecule has 20 heavy (non-hydrogen) atoms. The van der Waals surface area contributed by atoms with Gasteiger partial charge in [0.1, 0.15) is 0 Å². The summed E-state index contributed by atoms with van der Waals surface area (Å²) in [6.07, 6.45) is 7.72. The van der Waals surface area contributed by atoms with Crippen LogP contribution in [0.5, 0.6) is 0 Å². The maximum atomic E-state index is 5.15. The van der Waals surface area contributed by atoms with Gasteiger partial charge in [0, 0.05) is 19.8 Å². The number of ether oxygens (including phenoxy) is 1. The van der Waals surface area contributed by atoms with Crippen molar-refractivity contribution in [1.82, 2.24) is 5.32 Å². The number of methoxy groups -OCH3 is 1. The molecule has 0 amide bonds. The number of aryl methyl sites for hydroxylation is 1. The van der Waals surface area contributed by atoms with E-state index in [1.54, 1.807) is 7.11 Å². The Hall–Kier alpha value is -0.860. The van der Waals surface area contributed by atoms with Gasteiger partial charge in [0.05, 0.1) is 0 Å². The van der Waals surface area contributed by atoms with Crippen LogP contribution in [0.15, 0.2) is 24.3 Å². The summed E-state index contributed by atoms with van der Waals surface area (Å²) in [5, 5.41) is 3.70. The van der Waals surface area contributed by atoms with Crippen molar-refractivity contribution in [3.8, 4) is 0 Å². The largest absolute Gasteiger partial charge is 0.385 e. The van der Waals surface area contributed by atoms with Crippen LogP contribution in [0.25, 0.3) is 0 Å². The lowest BCUT2D eigenvalue weighted by Gasteiger charge is -2.18. The highest BCUT2D eigenvalue weighted by molar-refractivity contribution is 5.21. The Morgan fingerprint density at radius 1 is 1.20 bits per heavy atom. The molecular weight excluding hydrogens is 246 g/mol. The van der Waals surface area contributed by atoms with Gasteiger partial charge in [-0.1, -0.05) is 36.2 Å². The van der Waals surface area contributed by atoms with Gasteiger partial charge in [0.25, 0.3) is 0 Å². The van der Waals surface area contributed by atoms with Crippen molar-refractivity contribution < 1.29 is 4.74 Å². The Labute approximate surface area is 123 Å². The van der Waals surface area contributed by atoms with E-state index in [0.29, 0.717) is 0 Å². The van der Waals surface area contributed by atoms with E-state index in [4.69, 9.17) is 4.74 Å². The van der Waals surface area contributed by atoms with Crippen LogP contribution < -0.4 is 5.32 Å². The molecule has 0 aliphatic heterocycles. The fraction of sp³-hybridized carbons (Fsp3) is 0.667. The zero-order valence-corrected chi connectivity index (χ0v) is 13.0. The smallest absolute Gasteiger partial charge is 0.0462 e. The first-order valence-electron chi connectivity index (χ1n) is 8.06. The van der Waals surface area contributed by atoms with Crippen LogP contribution in [0.4, 0.5) is 0 Å². The molecule has 1 saturated carbocycles. The summed E-state index contributed by atoms with van der Waals surface area (Å²) >= 11 is 0. The predicted molar refractivity (Wildman–Crippen MR) is 85.1 cm³/mol. The molecule has 1 fully saturated rings. The maximum absolute atomic E-state index is 5.15. The van der Waals surface area contributed by atoms with E-state index in [9.17, 15) is 0 Å². The first-order valence-corrected chi connectivity index (χ1v) is 8.06. The van der Waals surface area contributed by atoms with Crippen LogP contribution in [-0.2, 0) is 11.2 Å². The van der Waals surface area contributed by atoms with E-state index in [-0.39, 0.29) is 0 Å². The highest BCUT2D eigenvalue weighted by Crippen LogP contribution is 2.21. The molecular formula is C18H29NO. The van der Waals surface area contributed by atoms with E-state index in [0.717, 1.165) is 18.6 Å². The van der Waals surface area contributed by atoms with E-state index in [2.05, 4.69) is 36.5 Å². The predicted octanol–water partition coefficient (Wildman–Crippen LogP) is 3.72. The number of rotatable bonds is 10. The van der Waals surface area contributed by atoms with Gasteiger partial charge >= 0.3 is 0 Å². The van der Waals surface area contributed by atoms with Crippen molar-refractivity contribution in [1.29, 1.82) is 0 Å². The number of nitrogens with one attached hydrogen (secondary N) is 1. The van der Waals surface area contributed by atoms with Crippen LogP contribution in [0.3, 0.4) is 0 Å². The first kappa shape index (κ1) is 15.5. The number of unbranched alkanes of at least 4 members (excludes halogenated alkanes) is 1. The van der Waals surface area contributed by atoms with Gasteiger partial charge < -0.3 is 10.1 Å². The topological polar surface area (TPSA) is 21.3 Å². The van der Waals surface area contributed by atoms with Crippen molar-refractivity contribution in [2.24, 2.45) is 5.92 Å². The zero-order chi connectivity index (χ0) is 14.2. The number of hydrogen-bond acceptors (Lipinski definition) is 2. The summed E-state index contributed by atoms with van der Waals surface area (Å²) in [5.74, 6) is 0.759. The van der Waals surface area contributed by atoms with Gasteiger partial charge in [-0.3, -0.25) is 0 Å². The van der Waals surface area contributed by atoms with Crippen LogP contribution in [0, 0.1) is 12.8 Å². The minimum Gasteiger partial charge on any atom is -0.385 e. The molecule has 0 spiro atoms.